The van der Waals surface area contributed by atoms with Gasteiger partial charge in [0.2, 0.25) is 5.91 Å². The number of hydrogen-bond donors (Lipinski definition) is 1. The standard InChI is InChI=1S/C11H14N2O/c1-9(2)8-13-11(14)7-10-3-5-12-6-4-10/h3-6H,1,7-8H2,2H3,(H,13,14). The number of carbonyl (C=O) groups excluding carboxylic acids is 1. The molecule has 74 valence electrons. The van der Waals surface area contributed by atoms with E-state index in [1.807, 2.05) is 19.1 Å². The summed E-state index contributed by atoms with van der Waals surface area (Å²) in [6.07, 6.45) is 3.76. The van der Waals surface area contributed by atoms with Crippen LogP contribution in [0.15, 0.2) is 36.7 Å². The zero-order valence-corrected chi connectivity index (χ0v) is 8.29. The van der Waals surface area contributed by atoms with Crippen LogP contribution in [-0.2, 0) is 11.2 Å². The molecule has 0 unspecified atom stereocenters. The van der Waals surface area contributed by atoms with Gasteiger partial charge >= 0.3 is 0 Å². The van der Waals surface area contributed by atoms with Gasteiger partial charge in [0.1, 0.15) is 0 Å². The lowest BCUT2D eigenvalue weighted by Crippen LogP contribution is -2.26. The van der Waals surface area contributed by atoms with Crippen LogP contribution in [-0.4, -0.2) is 17.4 Å². The number of carbonyl (C=O) groups is 1. The van der Waals surface area contributed by atoms with E-state index in [0.717, 1.165) is 11.1 Å². The van der Waals surface area contributed by atoms with Crippen LogP contribution in [0.5, 0.6) is 0 Å². The number of pyridine rings is 1. The van der Waals surface area contributed by atoms with Crippen molar-refractivity contribution in [2.75, 3.05) is 6.54 Å². The van der Waals surface area contributed by atoms with Crippen LogP contribution < -0.4 is 5.32 Å². The van der Waals surface area contributed by atoms with Crippen molar-refractivity contribution in [3.63, 3.8) is 0 Å². The normalized spacial score (nSPS) is 9.50. The zero-order chi connectivity index (χ0) is 10.4. The largest absolute Gasteiger partial charge is 0.352 e. The summed E-state index contributed by atoms with van der Waals surface area (Å²) in [5.41, 5.74) is 1.92. The van der Waals surface area contributed by atoms with Crippen LogP contribution >= 0.6 is 0 Å². The van der Waals surface area contributed by atoms with E-state index in [1.165, 1.54) is 0 Å². The highest BCUT2D eigenvalue weighted by atomic mass is 16.1. The predicted octanol–water partition coefficient (Wildman–Crippen LogP) is 1.32. The molecule has 0 fully saturated rings. The smallest absolute Gasteiger partial charge is 0.224 e. The van der Waals surface area contributed by atoms with Gasteiger partial charge in [-0.25, -0.2) is 0 Å². The van der Waals surface area contributed by atoms with E-state index < -0.39 is 0 Å². The fourth-order valence-corrected chi connectivity index (χ4v) is 0.998. The summed E-state index contributed by atoms with van der Waals surface area (Å²) in [7, 11) is 0. The molecule has 0 saturated carbocycles. The fourth-order valence-electron chi connectivity index (χ4n) is 0.998. The molecule has 1 amide bonds. The predicted molar refractivity (Wildman–Crippen MR) is 55.8 cm³/mol. The maximum absolute atomic E-state index is 11.3. The molecular formula is C11H14N2O. The molecule has 0 radical (unpaired) electrons. The van der Waals surface area contributed by atoms with Crippen molar-refractivity contribution in [3.05, 3.63) is 42.2 Å². The van der Waals surface area contributed by atoms with Crippen LogP contribution in [0.3, 0.4) is 0 Å². The Morgan fingerprint density at radius 3 is 2.71 bits per heavy atom. The summed E-state index contributed by atoms with van der Waals surface area (Å²) < 4.78 is 0. The third kappa shape index (κ3) is 3.85. The molecule has 1 aromatic rings. The fraction of sp³-hybridized carbons (Fsp3) is 0.273. The van der Waals surface area contributed by atoms with Crippen molar-refractivity contribution in [1.29, 1.82) is 0 Å². The third-order valence-electron chi connectivity index (χ3n) is 1.70. The molecule has 0 bridgehead atoms. The minimum Gasteiger partial charge on any atom is -0.352 e. The SMILES string of the molecule is C=C(C)CNC(=O)Cc1ccncc1. The summed E-state index contributed by atoms with van der Waals surface area (Å²) in [5.74, 6) is 0.0131. The Bertz CT molecular complexity index is 319. The molecule has 1 N–H and O–H groups in total. The van der Waals surface area contributed by atoms with E-state index in [4.69, 9.17) is 0 Å². The number of amides is 1. The Kier molecular flexibility index (Phi) is 3.85. The second kappa shape index (κ2) is 5.17. The number of nitrogens with one attached hydrogen (secondary N) is 1. The second-order valence-electron chi connectivity index (χ2n) is 3.27. The van der Waals surface area contributed by atoms with Crippen molar-refractivity contribution in [3.8, 4) is 0 Å². The molecule has 0 atom stereocenters. The van der Waals surface area contributed by atoms with Gasteiger partial charge in [0.05, 0.1) is 6.42 Å². The van der Waals surface area contributed by atoms with Gasteiger partial charge < -0.3 is 5.32 Å². The molecule has 0 spiro atoms. The highest BCUT2D eigenvalue weighted by Gasteiger charge is 2.01. The van der Waals surface area contributed by atoms with Crippen LogP contribution in [0, 0.1) is 0 Å². The van der Waals surface area contributed by atoms with Gasteiger partial charge in [-0.05, 0) is 24.6 Å². The Hall–Kier alpha value is -1.64. The van der Waals surface area contributed by atoms with Crippen molar-refractivity contribution in [2.45, 2.75) is 13.3 Å². The lowest BCUT2D eigenvalue weighted by molar-refractivity contribution is -0.120. The molecule has 0 aliphatic rings. The molecule has 0 saturated heterocycles. The second-order valence-corrected chi connectivity index (χ2v) is 3.27. The van der Waals surface area contributed by atoms with Gasteiger partial charge in [-0.1, -0.05) is 12.2 Å². The first kappa shape index (κ1) is 10.4. The van der Waals surface area contributed by atoms with Gasteiger partial charge in [0.25, 0.3) is 0 Å². The van der Waals surface area contributed by atoms with E-state index >= 15 is 0 Å². The molecule has 14 heavy (non-hydrogen) atoms. The maximum atomic E-state index is 11.3. The summed E-state index contributed by atoms with van der Waals surface area (Å²) in [6.45, 7) is 6.14. The average Bonchev–Trinajstić information content (AvgIpc) is 2.16. The molecule has 1 heterocycles. The van der Waals surface area contributed by atoms with E-state index in [-0.39, 0.29) is 5.91 Å². The summed E-state index contributed by atoms with van der Waals surface area (Å²) in [6, 6.07) is 3.67. The van der Waals surface area contributed by atoms with Crippen LogP contribution in [0.25, 0.3) is 0 Å². The van der Waals surface area contributed by atoms with Crippen LogP contribution in [0.1, 0.15) is 12.5 Å². The third-order valence-corrected chi connectivity index (χ3v) is 1.70. The van der Waals surface area contributed by atoms with Gasteiger partial charge in [0, 0.05) is 18.9 Å². The van der Waals surface area contributed by atoms with E-state index in [0.29, 0.717) is 13.0 Å². The zero-order valence-electron chi connectivity index (χ0n) is 8.29. The van der Waals surface area contributed by atoms with Crippen molar-refractivity contribution < 1.29 is 4.79 Å². The lowest BCUT2D eigenvalue weighted by atomic mass is 10.2. The molecule has 3 nitrogen and oxygen atoms in total. The highest BCUT2D eigenvalue weighted by Crippen LogP contribution is 1.97. The molecule has 1 rings (SSSR count). The molecule has 0 aromatic carbocycles. The van der Waals surface area contributed by atoms with Gasteiger partial charge in [-0.3, -0.25) is 9.78 Å². The number of aromatic nitrogens is 1. The monoisotopic (exact) mass is 190 g/mol. The van der Waals surface area contributed by atoms with E-state index in [1.54, 1.807) is 12.4 Å². The number of rotatable bonds is 4. The van der Waals surface area contributed by atoms with Crippen molar-refractivity contribution >= 4 is 5.91 Å². The lowest BCUT2D eigenvalue weighted by Gasteiger charge is -2.03. The first-order valence-electron chi connectivity index (χ1n) is 4.48. The summed E-state index contributed by atoms with van der Waals surface area (Å²) >= 11 is 0. The first-order valence-corrected chi connectivity index (χ1v) is 4.48. The molecule has 0 aliphatic carbocycles. The molecule has 1 aromatic heterocycles. The topological polar surface area (TPSA) is 42.0 Å². The molecule has 0 aliphatic heterocycles. The van der Waals surface area contributed by atoms with Gasteiger partial charge in [-0.2, -0.15) is 0 Å². The Balaban J connectivity index is 2.38. The van der Waals surface area contributed by atoms with Gasteiger partial charge in [-0.15, -0.1) is 0 Å². The molecule has 3 heteroatoms. The number of hydrogen-bond acceptors (Lipinski definition) is 2. The molecular weight excluding hydrogens is 176 g/mol. The van der Waals surface area contributed by atoms with Crippen LogP contribution in [0.2, 0.25) is 0 Å². The van der Waals surface area contributed by atoms with E-state index in [9.17, 15) is 4.79 Å². The summed E-state index contributed by atoms with van der Waals surface area (Å²) in [5, 5.41) is 2.77. The highest BCUT2D eigenvalue weighted by molar-refractivity contribution is 5.78. The minimum atomic E-state index is 0.0131. The average molecular weight is 190 g/mol. The Morgan fingerprint density at radius 2 is 2.14 bits per heavy atom. The Morgan fingerprint density at radius 1 is 1.50 bits per heavy atom. The quantitative estimate of drug-likeness (QED) is 0.727. The van der Waals surface area contributed by atoms with Crippen molar-refractivity contribution in [1.82, 2.24) is 10.3 Å². The van der Waals surface area contributed by atoms with Gasteiger partial charge in [0.15, 0.2) is 0 Å². The van der Waals surface area contributed by atoms with Crippen molar-refractivity contribution in [2.24, 2.45) is 0 Å². The Labute approximate surface area is 83.9 Å². The van der Waals surface area contributed by atoms with Crippen LogP contribution in [0.4, 0.5) is 0 Å². The summed E-state index contributed by atoms with van der Waals surface area (Å²) in [4.78, 5) is 15.2. The van der Waals surface area contributed by atoms with E-state index in [2.05, 4.69) is 16.9 Å². The minimum absolute atomic E-state index is 0.0131. The maximum Gasteiger partial charge on any atom is 0.224 e. The number of nitrogens with zero attached hydrogens (tertiary/aromatic N) is 1. The first-order chi connectivity index (χ1) is 6.68.